The average molecular weight is 354 g/mol. The van der Waals surface area contributed by atoms with Crippen LogP contribution in [0.1, 0.15) is 12.5 Å². The van der Waals surface area contributed by atoms with E-state index in [9.17, 15) is 14.9 Å². The molecule has 0 spiro atoms. The van der Waals surface area contributed by atoms with Crippen molar-refractivity contribution in [2.75, 3.05) is 18.2 Å². The van der Waals surface area contributed by atoms with Gasteiger partial charge in [0.15, 0.2) is 0 Å². The van der Waals surface area contributed by atoms with Crippen molar-refractivity contribution in [3.05, 3.63) is 46.0 Å². The van der Waals surface area contributed by atoms with Crippen LogP contribution in [0, 0.1) is 21.4 Å². The maximum Gasteiger partial charge on any atom is 0.270 e. The molecule has 0 atom stereocenters. The molecule has 0 aromatic heterocycles. The SMILES string of the molecule is COc1cc(/N=N/c2ccc([N+](=O)[O-])cc2C#N)c(NC(C)=O)cc1N. The summed E-state index contributed by atoms with van der Waals surface area (Å²) in [5, 5.41) is 30.5. The molecule has 0 fully saturated rings. The number of hydrogen-bond acceptors (Lipinski definition) is 8. The Kier molecular flexibility index (Phi) is 5.44. The Labute approximate surface area is 148 Å². The summed E-state index contributed by atoms with van der Waals surface area (Å²) in [5.74, 6) is -0.00340. The van der Waals surface area contributed by atoms with Gasteiger partial charge >= 0.3 is 0 Å². The van der Waals surface area contributed by atoms with Gasteiger partial charge in [0, 0.05) is 25.1 Å². The first-order chi connectivity index (χ1) is 12.3. The Morgan fingerprint density at radius 2 is 2.00 bits per heavy atom. The van der Waals surface area contributed by atoms with Crippen molar-refractivity contribution in [3.8, 4) is 11.8 Å². The maximum atomic E-state index is 11.3. The second kappa shape index (κ2) is 7.71. The molecule has 132 valence electrons. The van der Waals surface area contributed by atoms with Gasteiger partial charge in [0.2, 0.25) is 5.91 Å². The van der Waals surface area contributed by atoms with Gasteiger partial charge in [-0.2, -0.15) is 5.26 Å². The van der Waals surface area contributed by atoms with E-state index in [1.165, 1.54) is 38.3 Å². The van der Waals surface area contributed by atoms with Gasteiger partial charge in [0.25, 0.3) is 5.69 Å². The van der Waals surface area contributed by atoms with Gasteiger partial charge in [-0.05, 0) is 12.1 Å². The molecule has 26 heavy (non-hydrogen) atoms. The number of rotatable bonds is 5. The number of non-ortho nitro benzene ring substituents is 1. The van der Waals surface area contributed by atoms with Crippen LogP contribution in [0.5, 0.6) is 5.75 Å². The Hall–Kier alpha value is -4.00. The minimum absolute atomic E-state index is 0.00793. The summed E-state index contributed by atoms with van der Waals surface area (Å²) in [4.78, 5) is 21.5. The van der Waals surface area contributed by atoms with Crippen molar-refractivity contribution < 1.29 is 14.5 Å². The van der Waals surface area contributed by atoms with Gasteiger partial charge in [-0.3, -0.25) is 14.9 Å². The lowest BCUT2D eigenvalue weighted by molar-refractivity contribution is -0.384. The highest BCUT2D eigenvalue weighted by Crippen LogP contribution is 2.36. The lowest BCUT2D eigenvalue weighted by Crippen LogP contribution is -2.06. The number of nitrogen functional groups attached to an aromatic ring is 1. The van der Waals surface area contributed by atoms with E-state index in [-0.39, 0.29) is 28.5 Å². The van der Waals surface area contributed by atoms with E-state index in [2.05, 4.69) is 15.5 Å². The van der Waals surface area contributed by atoms with Gasteiger partial charge in [0.1, 0.15) is 23.2 Å². The van der Waals surface area contributed by atoms with Crippen LogP contribution in [0.3, 0.4) is 0 Å². The first kappa shape index (κ1) is 18.3. The van der Waals surface area contributed by atoms with Crippen molar-refractivity contribution in [1.29, 1.82) is 5.26 Å². The molecule has 0 bridgehead atoms. The molecule has 2 rings (SSSR count). The largest absolute Gasteiger partial charge is 0.495 e. The molecule has 3 N–H and O–H groups in total. The first-order valence-electron chi connectivity index (χ1n) is 7.21. The summed E-state index contributed by atoms with van der Waals surface area (Å²) >= 11 is 0. The summed E-state index contributed by atoms with van der Waals surface area (Å²) in [6, 6.07) is 8.41. The lowest BCUT2D eigenvalue weighted by Gasteiger charge is -2.10. The summed E-state index contributed by atoms with van der Waals surface area (Å²) in [7, 11) is 1.43. The number of amides is 1. The maximum absolute atomic E-state index is 11.3. The predicted octanol–water partition coefficient (Wildman–Crippen LogP) is 3.43. The monoisotopic (exact) mass is 354 g/mol. The van der Waals surface area contributed by atoms with Crippen LogP contribution in [-0.2, 0) is 4.79 Å². The number of ether oxygens (including phenoxy) is 1. The third-order valence-corrected chi connectivity index (χ3v) is 3.24. The molecule has 2 aromatic rings. The van der Waals surface area contributed by atoms with Gasteiger partial charge in [-0.15, -0.1) is 10.2 Å². The zero-order chi connectivity index (χ0) is 19.3. The smallest absolute Gasteiger partial charge is 0.270 e. The van der Waals surface area contributed by atoms with E-state index >= 15 is 0 Å². The molecule has 0 saturated heterocycles. The fourth-order valence-electron chi connectivity index (χ4n) is 2.06. The molecular weight excluding hydrogens is 340 g/mol. The first-order valence-corrected chi connectivity index (χ1v) is 7.21. The van der Waals surface area contributed by atoms with Crippen molar-refractivity contribution in [1.82, 2.24) is 0 Å². The number of carbonyl (C=O) groups is 1. The molecule has 0 saturated carbocycles. The van der Waals surface area contributed by atoms with Crippen molar-refractivity contribution in [3.63, 3.8) is 0 Å². The Bertz CT molecular complexity index is 948. The minimum Gasteiger partial charge on any atom is -0.495 e. The standard InChI is InChI=1S/C16H14N6O4/c1-9(23)19-14-6-12(18)16(26-2)7-15(14)21-20-13-4-3-11(22(24)25)5-10(13)8-17/h3-7H,18H2,1-2H3,(H,19,23)/b21-20+. The topological polar surface area (TPSA) is 156 Å². The predicted molar refractivity (Wildman–Crippen MR) is 93.7 cm³/mol. The fourth-order valence-corrected chi connectivity index (χ4v) is 2.06. The number of hydrogen-bond donors (Lipinski definition) is 2. The van der Waals surface area contributed by atoms with Crippen LogP contribution >= 0.6 is 0 Å². The van der Waals surface area contributed by atoms with E-state index in [1.54, 1.807) is 0 Å². The van der Waals surface area contributed by atoms with Gasteiger partial charge in [-0.25, -0.2) is 0 Å². The van der Waals surface area contributed by atoms with Gasteiger partial charge in [0.05, 0.1) is 29.0 Å². The van der Waals surface area contributed by atoms with Crippen LogP contribution in [0.4, 0.5) is 28.4 Å². The Morgan fingerprint density at radius 3 is 2.58 bits per heavy atom. The van der Waals surface area contributed by atoms with E-state index in [0.717, 1.165) is 6.07 Å². The zero-order valence-electron chi connectivity index (χ0n) is 13.9. The lowest BCUT2D eigenvalue weighted by atomic mass is 10.2. The third kappa shape index (κ3) is 4.09. The number of carbonyl (C=O) groups excluding carboxylic acids is 1. The highest BCUT2D eigenvalue weighted by atomic mass is 16.6. The molecular formula is C16H14N6O4. The molecule has 10 nitrogen and oxygen atoms in total. The van der Waals surface area contributed by atoms with Crippen LogP contribution in [0.25, 0.3) is 0 Å². The van der Waals surface area contributed by atoms with Crippen molar-refractivity contribution >= 4 is 34.3 Å². The van der Waals surface area contributed by atoms with Crippen molar-refractivity contribution in [2.24, 2.45) is 10.2 Å². The molecule has 0 aliphatic heterocycles. The van der Waals surface area contributed by atoms with Gasteiger partial charge < -0.3 is 15.8 Å². The summed E-state index contributed by atoms with van der Waals surface area (Å²) in [6.45, 7) is 1.32. The highest BCUT2D eigenvalue weighted by molar-refractivity contribution is 5.93. The van der Waals surface area contributed by atoms with E-state index in [1.807, 2.05) is 6.07 Å². The second-order valence-corrected chi connectivity index (χ2v) is 5.06. The number of azo groups is 1. The number of nitro groups is 1. The second-order valence-electron chi connectivity index (χ2n) is 5.06. The van der Waals surface area contributed by atoms with Gasteiger partial charge in [-0.1, -0.05) is 0 Å². The minimum atomic E-state index is -0.610. The quantitative estimate of drug-likeness (QED) is 0.362. The van der Waals surface area contributed by atoms with E-state index in [4.69, 9.17) is 15.7 Å². The van der Waals surface area contributed by atoms with E-state index < -0.39 is 4.92 Å². The third-order valence-electron chi connectivity index (χ3n) is 3.24. The molecule has 0 radical (unpaired) electrons. The molecule has 10 heteroatoms. The number of anilines is 2. The van der Waals surface area contributed by atoms with Crippen LogP contribution in [0.2, 0.25) is 0 Å². The normalized spacial score (nSPS) is 10.3. The highest BCUT2D eigenvalue weighted by Gasteiger charge is 2.12. The van der Waals surface area contributed by atoms with Crippen molar-refractivity contribution in [2.45, 2.75) is 6.92 Å². The summed E-state index contributed by atoms with van der Waals surface area (Å²) < 4.78 is 5.12. The van der Waals surface area contributed by atoms with Crippen LogP contribution < -0.4 is 15.8 Å². The number of nitrogens with zero attached hydrogens (tertiary/aromatic N) is 4. The number of nitro benzene ring substituents is 1. The Morgan fingerprint density at radius 1 is 1.31 bits per heavy atom. The molecule has 0 unspecified atom stereocenters. The van der Waals surface area contributed by atoms with Crippen LogP contribution in [-0.4, -0.2) is 17.9 Å². The molecule has 2 aromatic carbocycles. The number of benzene rings is 2. The molecule has 0 aliphatic carbocycles. The van der Waals surface area contributed by atoms with Crippen LogP contribution in [0.15, 0.2) is 40.6 Å². The summed E-state index contributed by atoms with van der Waals surface area (Å²) in [5.41, 5.74) is 6.57. The zero-order valence-corrected chi connectivity index (χ0v) is 13.9. The number of methoxy groups -OCH3 is 1. The number of nitriles is 1. The fraction of sp³-hybridized carbons (Fsp3) is 0.125. The average Bonchev–Trinajstić information content (AvgIpc) is 2.60. The number of nitrogens with two attached hydrogens (primary N) is 1. The molecule has 1 amide bonds. The molecule has 0 heterocycles. The number of nitrogens with one attached hydrogen (secondary N) is 1. The van der Waals surface area contributed by atoms with E-state index in [0.29, 0.717) is 17.1 Å². The Balaban J connectivity index is 2.48. The molecule has 0 aliphatic rings. The summed E-state index contributed by atoms with van der Waals surface area (Å²) in [6.07, 6.45) is 0.